The zero-order chi connectivity index (χ0) is 19.6. The summed E-state index contributed by atoms with van der Waals surface area (Å²) < 4.78 is 20.7. The van der Waals surface area contributed by atoms with Gasteiger partial charge in [0.25, 0.3) is 5.91 Å². The highest BCUT2D eigenvalue weighted by atomic mass is 19.1. The minimum absolute atomic E-state index is 0.0820. The highest BCUT2D eigenvalue weighted by Crippen LogP contribution is 2.30. The third-order valence-electron chi connectivity index (χ3n) is 4.85. The number of hydrogen-bond acceptors (Lipinski definition) is 3. The van der Waals surface area contributed by atoms with E-state index >= 15 is 0 Å². The highest BCUT2D eigenvalue weighted by Gasteiger charge is 2.28. The average Bonchev–Trinajstić information content (AvgIpc) is 3.28. The molecule has 1 N–H and O–H groups in total. The summed E-state index contributed by atoms with van der Waals surface area (Å²) in [5.41, 5.74) is 2.98. The molecule has 1 aromatic heterocycles. The maximum atomic E-state index is 13.3. The molecule has 1 aliphatic heterocycles. The Balaban J connectivity index is 1.99. The van der Waals surface area contributed by atoms with E-state index in [1.165, 1.54) is 12.1 Å². The van der Waals surface area contributed by atoms with Crippen molar-refractivity contribution in [2.75, 3.05) is 13.2 Å². The van der Waals surface area contributed by atoms with Gasteiger partial charge in [-0.2, -0.15) is 5.10 Å². The highest BCUT2D eigenvalue weighted by molar-refractivity contribution is 5.97. The zero-order valence-corrected chi connectivity index (χ0v) is 16.5. The molecule has 0 saturated carbocycles. The third-order valence-corrected chi connectivity index (χ3v) is 4.85. The van der Waals surface area contributed by atoms with Gasteiger partial charge in [-0.25, -0.2) is 9.07 Å². The fraction of sp³-hybridized carbons (Fsp3) is 0.524. The first-order chi connectivity index (χ1) is 12.9. The molecule has 1 aliphatic rings. The Labute approximate surface area is 159 Å². The average molecular weight is 373 g/mol. The van der Waals surface area contributed by atoms with Crippen molar-refractivity contribution in [2.45, 2.75) is 58.5 Å². The van der Waals surface area contributed by atoms with E-state index in [2.05, 4.69) is 5.32 Å². The second-order valence-corrected chi connectivity index (χ2v) is 7.69. The summed E-state index contributed by atoms with van der Waals surface area (Å²) in [6.07, 6.45) is 2.10. The number of nitrogens with zero attached hydrogens (tertiary/aromatic N) is 2. The summed E-state index contributed by atoms with van der Waals surface area (Å²) in [4.78, 5) is 13.1. The molecule has 0 aliphatic carbocycles. The number of carbonyl (C=O) groups is 1. The molecule has 1 atom stereocenters. The van der Waals surface area contributed by atoms with Crippen LogP contribution in [-0.4, -0.2) is 34.9 Å². The van der Waals surface area contributed by atoms with Crippen molar-refractivity contribution < 1.29 is 13.9 Å². The first-order valence-corrected chi connectivity index (χ1v) is 9.67. The molecule has 0 spiro atoms. The molecule has 1 aromatic carbocycles. The predicted octanol–water partition coefficient (Wildman–Crippen LogP) is 4.17. The Morgan fingerprint density at radius 1 is 1.26 bits per heavy atom. The SMILES string of the molecule is CC(C)c1nn(-c2ccc(F)cc2)c(C(C)C)c1C(=O)NC[C@@H]1CCCO1. The van der Waals surface area contributed by atoms with Crippen molar-refractivity contribution in [1.82, 2.24) is 15.1 Å². The van der Waals surface area contributed by atoms with E-state index < -0.39 is 0 Å². The molecule has 5 nitrogen and oxygen atoms in total. The molecular weight excluding hydrogens is 345 g/mol. The number of nitrogens with one attached hydrogen (secondary N) is 1. The Morgan fingerprint density at radius 2 is 1.96 bits per heavy atom. The van der Waals surface area contributed by atoms with Crippen molar-refractivity contribution in [3.05, 3.63) is 47.0 Å². The smallest absolute Gasteiger partial charge is 0.255 e. The van der Waals surface area contributed by atoms with Gasteiger partial charge in [-0.3, -0.25) is 4.79 Å². The van der Waals surface area contributed by atoms with E-state index in [1.807, 2.05) is 27.7 Å². The molecule has 1 saturated heterocycles. The van der Waals surface area contributed by atoms with Crippen LogP contribution in [0.4, 0.5) is 4.39 Å². The van der Waals surface area contributed by atoms with Crippen LogP contribution >= 0.6 is 0 Å². The first kappa shape index (κ1) is 19.5. The van der Waals surface area contributed by atoms with Crippen LogP contribution in [0.3, 0.4) is 0 Å². The number of benzene rings is 1. The topological polar surface area (TPSA) is 56.2 Å². The molecular formula is C21H28FN3O2. The van der Waals surface area contributed by atoms with Crippen LogP contribution in [0.1, 0.15) is 74.1 Å². The second-order valence-electron chi connectivity index (χ2n) is 7.69. The Bertz CT molecular complexity index is 791. The summed E-state index contributed by atoms with van der Waals surface area (Å²) in [7, 11) is 0. The second kappa shape index (κ2) is 8.21. The van der Waals surface area contributed by atoms with Gasteiger partial charge in [0.1, 0.15) is 5.82 Å². The number of carbonyl (C=O) groups excluding carboxylic acids is 1. The van der Waals surface area contributed by atoms with Crippen LogP contribution in [0, 0.1) is 5.82 Å². The van der Waals surface area contributed by atoms with Crippen LogP contribution < -0.4 is 5.32 Å². The van der Waals surface area contributed by atoms with Crippen molar-refractivity contribution in [3.8, 4) is 5.69 Å². The quantitative estimate of drug-likeness (QED) is 0.827. The summed E-state index contributed by atoms with van der Waals surface area (Å²) in [6.45, 7) is 9.40. The standard InChI is InChI=1S/C21H28FN3O2/c1-13(2)19-18(21(26)23-12-17-6-5-11-27-17)20(14(3)4)25(24-19)16-9-7-15(22)8-10-16/h7-10,13-14,17H,5-6,11-12H2,1-4H3,(H,23,26)/t17-/m0/s1. The maximum Gasteiger partial charge on any atom is 0.255 e. The minimum atomic E-state index is -0.296. The van der Waals surface area contributed by atoms with Gasteiger partial charge in [0.05, 0.1) is 28.7 Å². The number of halogens is 1. The zero-order valence-electron chi connectivity index (χ0n) is 16.5. The van der Waals surface area contributed by atoms with E-state index in [4.69, 9.17) is 9.84 Å². The van der Waals surface area contributed by atoms with Gasteiger partial charge in [-0.05, 0) is 48.9 Å². The number of rotatable bonds is 6. The predicted molar refractivity (Wildman–Crippen MR) is 103 cm³/mol. The van der Waals surface area contributed by atoms with Crippen molar-refractivity contribution in [3.63, 3.8) is 0 Å². The first-order valence-electron chi connectivity index (χ1n) is 9.67. The largest absolute Gasteiger partial charge is 0.376 e. The number of amides is 1. The summed E-state index contributed by atoms with van der Waals surface area (Å²) in [5, 5.41) is 7.76. The molecule has 0 radical (unpaired) electrons. The summed E-state index contributed by atoms with van der Waals surface area (Å²) in [5.74, 6) is -0.243. The van der Waals surface area contributed by atoms with Crippen LogP contribution in [-0.2, 0) is 4.74 Å². The number of aromatic nitrogens is 2. The van der Waals surface area contributed by atoms with Gasteiger partial charge < -0.3 is 10.1 Å². The molecule has 6 heteroatoms. The number of ether oxygens (including phenoxy) is 1. The lowest BCUT2D eigenvalue weighted by Crippen LogP contribution is -2.33. The molecule has 27 heavy (non-hydrogen) atoms. The Hall–Kier alpha value is -2.21. The van der Waals surface area contributed by atoms with Gasteiger partial charge in [0, 0.05) is 13.2 Å². The fourth-order valence-electron chi connectivity index (χ4n) is 3.50. The Morgan fingerprint density at radius 3 is 2.52 bits per heavy atom. The lowest BCUT2D eigenvalue weighted by molar-refractivity contribution is 0.0855. The third kappa shape index (κ3) is 4.21. The van der Waals surface area contributed by atoms with Crippen LogP contribution in [0.25, 0.3) is 5.69 Å². The van der Waals surface area contributed by atoms with Gasteiger partial charge in [0.2, 0.25) is 0 Å². The maximum absolute atomic E-state index is 13.3. The van der Waals surface area contributed by atoms with E-state index in [9.17, 15) is 9.18 Å². The van der Waals surface area contributed by atoms with E-state index in [0.29, 0.717) is 12.1 Å². The van der Waals surface area contributed by atoms with E-state index in [1.54, 1.807) is 16.8 Å². The Kier molecular flexibility index (Phi) is 5.95. The molecule has 1 amide bonds. The normalized spacial score (nSPS) is 17.1. The van der Waals surface area contributed by atoms with Crippen LogP contribution in [0.15, 0.2) is 24.3 Å². The van der Waals surface area contributed by atoms with Gasteiger partial charge in [0.15, 0.2) is 0 Å². The molecule has 2 aromatic rings. The number of hydrogen-bond donors (Lipinski definition) is 1. The van der Waals surface area contributed by atoms with Crippen molar-refractivity contribution in [2.24, 2.45) is 0 Å². The van der Waals surface area contributed by atoms with Crippen LogP contribution in [0.5, 0.6) is 0 Å². The minimum Gasteiger partial charge on any atom is -0.376 e. The molecule has 2 heterocycles. The van der Waals surface area contributed by atoms with Crippen molar-refractivity contribution in [1.29, 1.82) is 0 Å². The molecule has 3 rings (SSSR count). The molecule has 0 bridgehead atoms. The lowest BCUT2D eigenvalue weighted by Gasteiger charge is -2.15. The van der Waals surface area contributed by atoms with Crippen molar-refractivity contribution >= 4 is 5.91 Å². The van der Waals surface area contributed by atoms with Gasteiger partial charge in [-0.15, -0.1) is 0 Å². The molecule has 1 fully saturated rings. The summed E-state index contributed by atoms with van der Waals surface area (Å²) in [6, 6.07) is 6.19. The molecule has 146 valence electrons. The van der Waals surface area contributed by atoms with E-state index in [0.717, 1.165) is 36.5 Å². The van der Waals surface area contributed by atoms with Gasteiger partial charge in [-0.1, -0.05) is 27.7 Å². The monoisotopic (exact) mass is 373 g/mol. The van der Waals surface area contributed by atoms with Gasteiger partial charge >= 0.3 is 0 Å². The fourth-order valence-corrected chi connectivity index (χ4v) is 3.50. The van der Waals surface area contributed by atoms with E-state index in [-0.39, 0.29) is 29.7 Å². The summed E-state index contributed by atoms with van der Waals surface area (Å²) >= 11 is 0. The molecule has 0 unspecified atom stereocenters. The van der Waals surface area contributed by atoms with Crippen LogP contribution in [0.2, 0.25) is 0 Å². The lowest BCUT2D eigenvalue weighted by atomic mass is 9.98.